The highest BCUT2D eigenvalue weighted by atomic mass is 35.5. The van der Waals surface area contributed by atoms with Gasteiger partial charge in [-0.1, -0.05) is 11.6 Å². The van der Waals surface area contributed by atoms with E-state index in [0.717, 1.165) is 37.9 Å². The molecule has 1 saturated carbocycles. The second-order valence-corrected chi connectivity index (χ2v) is 5.67. The minimum Gasteiger partial charge on any atom is -0.481 e. The van der Waals surface area contributed by atoms with Crippen molar-refractivity contribution in [3.8, 4) is 6.07 Å². The largest absolute Gasteiger partial charge is 0.481 e. The first-order valence-electron chi connectivity index (χ1n) is 6.76. The molecule has 0 aliphatic heterocycles. The van der Waals surface area contributed by atoms with Crippen LogP contribution in [0.1, 0.15) is 31.2 Å². The van der Waals surface area contributed by atoms with E-state index in [1.54, 1.807) is 18.2 Å². The van der Waals surface area contributed by atoms with E-state index in [9.17, 15) is 4.79 Å². The zero-order chi connectivity index (χ0) is 14.5. The van der Waals surface area contributed by atoms with Crippen molar-refractivity contribution in [2.24, 2.45) is 11.8 Å². The fourth-order valence-corrected chi connectivity index (χ4v) is 2.80. The van der Waals surface area contributed by atoms with Crippen LogP contribution in [0.25, 0.3) is 0 Å². The summed E-state index contributed by atoms with van der Waals surface area (Å²) in [6.45, 7) is 0.751. The molecule has 0 atom stereocenters. The number of aliphatic carboxylic acids is 1. The van der Waals surface area contributed by atoms with E-state index in [0.29, 0.717) is 16.5 Å². The van der Waals surface area contributed by atoms with E-state index in [1.807, 2.05) is 0 Å². The van der Waals surface area contributed by atoms with Crippen LogP contribution in [0.3, 0.4) is 0 Å². The lowest BCUT2D eigenvalue weighted by molar-refractivity contribution is -0.143. The van der Waals surface area contributed by atoms with E-state index in [-0.39, 0.29) is 5.92 Å². The van der Waals surface area contributed by atoms with Gasteiger partial charge in [-0.3, -0.25) is 4.79 Å². The summed E-state index contributed by atoms with van der Waals surface area (Å²) in [5.74, 6) is -0.416. The fourth-order valence-electron chi connectivity index (χ4n) is 2.63. The van der Waals surface area contributed by atoms with Gasteiger partial charge in [0.1, 0.15) is 6.07 Å². The van der Waals surface area contributed by atoms with Crippen LogP contribution < -0.4 is 5.32 Å². The van der Waals surface area contributed by atoms with Gasteiger partial charge in [-0.25, -0.2) is 0 Å². The van der Waals surface area contributed by atoms with Crippen LogP contribution >= 0.6 is 11.6 Å². The monoisotopic (exact) mass is 292 g/mol. The van der Waals surface area contributed by atoms with Crippen LogP contribution in [-0.2, 0) is 4.79 Å². The number of hydrogen-bond donors (Lipinski definition) is 2. The number of rotatable bonds is 4. The number of carboxylic acids is 1. The highest BCUT2D eigenvalue weighted by molar-refractivity contribution is 6.30. The summed E-state index contributed by atoms with van der Waals surface area (Å²) in [4.78, 5) is 10.9. The number of nitriles is 1. The summed E-state index contributed by atoms with van der Waals surface area (Å²) in [6.07, 6.45) is 3.30. The van der Waals surface area contributed by atoms with Gasteiger partial charge in [0, 0.05) is 11.6 Å². The molecule has 1 aromatic carbocycles. The van der Waals surface area contributed by atoms with E-state index in [1.165, 1.54) is 0 Å². The topological polar surface area (TPSA) is 73.1 Å². The number of benzene rings is 1. The van der Waals surface area contributed by atoms with Gasteiger partial charge in [0.05, 0.1) is 17.2 Å². The average molecular weight is 293 g/mol. The Kier molecular flexibility index (Phi) is 4.86. The quantitative estimate of drug-likeness (QED) is 0.890. The zero-order valence-corrected chi connectivity index (χ0v) is 11.9. The maximum Gasteiger partial charge on any atom is 0.306 e. The van der Waals surface area contributed by atoms with Gasteiger partial charge in [-0.2, -0.15) is 5.26 Å². The molecule has 2 rings (SSSR count). The molecule has 0 unspecified atom stereocenters. The summed E-state index contributed by atoms with van der Waals surface area (Å²) in [5.41, 5.74) is 1.33. The Morgan fingerprint density at radius 1 is 1.40 bits per heavy atom. The van der Waals surface area contributed by atoms with Crippen LogP contribution in [0, 0.1) is 23.2 Å². The van der Waals surface area contributed by atoms with Crippen molar-refractivity contribution in [1.82, 2.24) is 0 Å². The third-order valence-electron chi connectivity index (χ3n) is 3.88. The van der Waals surface area contributed by atoms with Crippen molar-refractivity contribution in [2.45, 2.75) is 25.7 Å². The molecule has 0 saturated heterocycles. The van der Waals surface area contributed by atoms with Crippen molar-refractivity contribution >= 4 is 23.3 Å². The third-order valence-corrected chi connectivity index (χ3v) is 4.11. The number of nitrogens with zero attached hydrogens (tertiary/aromatic N) is 1. The number of hydrogen-bond acceptors (Lipinski definition) is 3. The van der Waals surface area contributed by atoms with Gasteiger partial charge in [-0.15, -0.1) is 0 Å². The van der Waals surface area contributed by atoms with Crippen molar-refractivity contribution in [1.29, 1.82) is 5.26 Å². The molecule has 0 bridgehead atoms. The standard InChI is InChI=1S/C15H17ClN2O2/c16-13-6-5-12(8-17)14(7-13)18-9-10-1-3-11(4-2-10)15(19)20/h5-7,10-11,18H,1-4,9H2,(H,19,20). The molecule has 1 fully saturated rings. The lowest BCUT2D eigenvalue weighted by Crippen LogP contribution is -2.25. The van der Waals surface area contributed by atoms with Crippen LogP contribution in [0.15, 0.2) is 18.2 Å². The van der Waals surface area contributed by atoms with E-state index in [4.69, 9.17) is 22.0 Å². The molecule has 0 heterocycles. The molecule has 0 spiro atoms. The van der Waals surface area contributed by atoms with Gasteiger partial charge < -0.3 is 10.4 Å². The Labute approximate surface area is 123 Å². The molecule has 1 aromatic rings. The first-order valence-corrected chi connectivity index (χ1v) is 7.14. The van der Waals surface area contributed by atoms with E-state index < -0.39 is 5.97 Å². The van der Waals surface area contributed by atoms with Crippen LogP contribution in [0.4, 0.5) is 5.69 Å². The molecule has 1 aliphatic carbocycles. The summed E-state index contributed by atoms with van der Waals surface area (Å²) in [6, 6.07) is 7.28. The Morgan fingerprint density at radius 2 is 2.10 bits per heavy atom. The molecule has 5 heteroatoms. The van der Waals surface area contributed by atoms with E-state index in [2.05, 4.69) is 11.4 Å². The van der Waals surface area contributed by atoms with Gasteiger partial charge in [0.2, 0.25) is 0 Å². The molecule has 1 aliphatic rings. The second kappa shape index (κ2) is 6.62. The maximum absolute atomic E-state index is 10.9. The Bertz CT molecular complexity index is 531. The SMILES string of the molecule is N#Cc1ccc(Cl)cc1NCC1CCC(C(=O)O)CC1. The lowest BCUT2D eigenvalue weighted by Gasteiger charge is -2.26. The van der Waals surface area contributed by atoms with Crippen LogP contribution in [-0.4, -0.2) is 17.6 Å². The predicted molar refractivity (Wildman–Crippen MR) is 77.7 cm³/mol. The van der Waals surface area contributed by atoms with Gasteiger partial charge in [0.25, 0.3) is 0 Å². The summed E-state index contributed by atoms with van der Waals surface area (Å²) >= 11 is 5.93. The normalized spacial score (nSPS) is 22.0. The highest BCUT2D eigenvalue weighted by Gasteiger charge is 2.25. The van der Waals surface area contributed by atoms with Crippen molar-refractivity contribution in [2.75, 3.05) is 11.9 Å². The molecule has 0 aromatic heterocycles. The number of anilines is 1. The first-order chi connectivity index (χ1) is 9.60. The van der Waals surface area contributed by atoms with Crippen LogP contribution in [0.2, 0.25) is 5.02 Å². The predicted octanol–water partition coefficient (Wildman–Crippen LogP) is 3.51. The smallest absolute Gasteiger partial charge is 0.306 e. The number of carboxylic acid groups (broad SMARTS) is 1. The van der Waals surface area contributed by atoms with Gasteiger partial charge >= 0.3 is 5.97 Å². The lowest BCUT2D eigenvalue weighted by atomic mass is 9.82. The zero-order valence-electron chi connectivity index (χ0n) is 11.1. The molecule has 20 heavy (non-hydrogen) atoms. The second-order valence-electron chi connectivity index (χ2n) is 5.24. The Hall–Kier alpha value is -1.73. The average Bonchev–Trinajstić information content (AvgIpc) is 2.45. The van der Waals surface area contributed by atoms with Crippen molar-refractivity contribution < 1.29 is 9.90 Å². The summed E-state index contributed by atoms with van der Waals surface area (Å²) in [5, 5.41) is 21.9. The minimum atomic E-state index is -0.682. The summed E-state index contributed by atoms with van der Waals surface area (Å²) < 4.78 is 0. The maximum atomic E-state index is 10.9. The molecule has 0 radical (unpaired) electrons. The molecule has 4 nitrogen and oxygen atoms in total. The molecule has 106 valence electrons. The summed E-state index contributed by atoms with van der Waals surface area (Å²) in [7, 11) is 0. The minimum absolute atomic E-state index is 0.188. The number of halogens is 1. The van der Waals surface area contributed by atoms with Crippen LogP contribution in [0.5, 0.6) is 0 Å². The fraction of sp³-hybridized carbons (Fsp3) is 0.467. The van der Waals surface area contributed by atoms with Crippen molar-refractivity contribution in [3.63, 3.8) is 0 Å². The Morgan fingerprint density at radius 3 is 2.70 bits per heavy atom. The number of nitrogens with one attached hydrogen (secondary N) is 1. The van der Waals surface area contributed by atoms with Gasteiger partial charge in [0.15, 0.2) is 0 Å². The first kappa shape index (κ1) is 14.7. The number of carbonyl (C=O) groups is 1. The van der Waals surface area contributed by atoms with Crippen molar-refractivity contribution in [3.05, 3.63) is 28.8 Å². The third kappa shape index (κ3) is 3.64. The molecule has 0 amide bonds. The highest BCUT2D eigenvalue weighted by Crippen LogP contribution is 2.29. The van der Waals surface area contributed by atoms with E-state index >= 15 is 0 Å². The molecular weight excluding hydrogens is 276 g/mol. The van der Waals surface area contributed by atoms with Gasteiger partial charge in [-0.05, 0) is 49.8 Å². The Balaban J connectivity index is 1.89. The molecular formula is C15H17ClN2O2. The molecule has 2 N–H and O–H groups in total.